The molecular formula is C22H15ClO3. The molecule has 0 radical (unpaired) electrons. The molecule has 0 aliphatic carbocycles. The van der Waals surface area contributed by atoms with Crippen LogP contribution in [-0.4, -0.2) is 0 Å². The van der Waals surface area contributed by atoms with E-state index in [0.29, 0.717) is 34.1 Å². The molecule has 1 heterocycles. The predicted molar refractivity (Wildman–Crippen MR) is 104 cm³/mol. The van der Waals surface area contributed by atoms with Crippen molar-refractivity contribution in [3.63, 3.8) is 0 Å². The minimum Gasteiger partial charge on any atom is -0.489 e. The van der Waals surface area contributed by atoms with Gasteiger partial charge in [-0.1, -0.05) is 54.1 Å². The molecule has 0 atom stereocenters. The molecule has 0 aliphatic heterocycles. The molecule has 0 bridgehead atoms. The lowest BCUT2D eigenvalue weighted by molar-refractivity contribution is 0.306. The zero-order valence-electron chi connectivity index (χ0n) is 13.8. The van der Waals surface area contributed by atoms with E-state index < -0.39 is 0 Å². The Hall–Kier alpha value is -3.04. The zero-order valence-corrected chi connectivity index (χ0v) is 14.6. The first-order valence-electron chi connectivity index (χ1n) is 8.20. The summed E-state index contributed by atoms with van der Waals surface area (Å²) in [5, 5.41) is 1.16. The van der Waals surface area contributed by atoms with Crippen LogP contribution in [0.4, 0.5) is 0 Å². The molecule has 26 heavy (non-hydrogen) atoms. The van der Waals surface area contributed by atoms with Crippen molar-refractivity contribution in [3.05, 3.63) is 99.7 Å². The average molecular weight is 363 g/mol. The first kappa shape index (κ1) is 16.4. The van der Waals surface area contributed by atoms with Gasteiger partial charge in [-0.25, -0.2) is 0 Å². The van der Waals surface area contributed by atoms with E-state index in [-0.39, 0.29) is 5.43 Å². The lowest BCUT2D eigenvalue weighted by atomic mass is 10.1. The number of fused-ring (bicyclic) bond motifs is 1. The van der Waals surface area contributed by atoms with Crippen molar-refractivity contribution >= 4 is 22.6 Å². The van der Waals surface area contributed by atoms with Gasteiger partial charge in [0.05, 0.1) is 5.39 Å². The van der Waals surface area contributed by atoms with Crippen LogP contribution in [0.3, 0.4) is 0 Å². The summed E-state index contributed by atoms with van der Waals surface area (Å²) in [5.41, 5.74) is 2.27. The maximum absolute atomic E-state index is 12.5. The molecule has 4 aromatic rings. The van der Waals surface area contributed by atoms with Gasteiger partial charge in [-0.05, 0) is 35.9 Å². The lowest BCUT2D eigenvalue weighted by Crippen LogP contribution is -2.01. The van der Waals surface area contributed by atoms with Crippen LogP contribution in [0, 0.1) is 0 Å². The van der Waals surface area contributed by atoms with Crippen LogP contribution in [0.1, 0.15) is 5.56 Å². The molecule has 4 heteroatoms. The van der Waals surface area contributed by atoms with E-state index >= 15 is 0 Å². The third-order valence-corrected chi connectivity index (χ3v) is 4.29. The topological polar surface area (TPSA) is 39.4 Å². The number of benzene rings is 3. The second-order valence-corrected chi connectivity index (χ2v) is 6.35. The van der Waals surface area contributed by atoms with E-state index in [1.807, 2.05) is 54.6 Å². The fourth-order valence-electron chi connectivity index (χ4n) is 2.76. The Bertz CT molecular complexity index is 1120. The van der Waals surface area contributed by atoms with E-state index in [2.05, 4.69) is 0 Å². The van der Waals surface area contributed by atoms with Crippen LogP contribution >= 0.6 is 11.6 Å². The van der Waals surface area contributed by atoms with Gasteiger partial charge in [0.15, 0.2) is 5.43 Å². The van der Waals surface area contributed by atoms with Crippen LogP contribution in [0.5, 0.6) is 5.75 Å². The van der Waals surface area contributed by atoms with Gasteiger partial charge in [-0.15, -0.1) is 0 Å². The molecule has 0 N–H and O–H groups in total. The second kappa shape index (κ2) is 7.06. The molecule has 0 saturated carbocycles. The maximum Gasteiger partial charge on any atom is 0.193 e. The van der Waals surface area contributed by atoms with Gasteiger partial charge in [0, 0.05) is 16.7 Å². The van der Waals surface area contributed by atoms with E-state index in [1.165, 1.54) is 6.07 Å². The normalized spacial score (nSPS) is 10.8. The quantitative estimate of drug-likeness (QED) is 0.468. The van der Waals surface area contributed by atoms with Crippen LogP contribution in [-0.2, 0) is 6.61 Å². The average Bonchev–Trinajstić information content (AvgIpc) is 2.67. The van der Waals surface area contributed by atoms with Crippen molar-refractivity contribution in [3.8, 4) is 17.1 Å². The first-order chi connectivity index (χ1) is 12.7. The van der Waals surface area contributed by atoms with Gasteiger partial charge >= 0.3 is 0 Å². The summed E-state index contributed by atoms with van der Waals surface area (Å²) in [6.07, 6.45) is 0. The van der Waals surface area contributed by atoms with Crippen molar-refractivity contribution in [2.24, 2.45) is 0 Å². The molecule has 0 fully saturated rings. The minimum absolute atomic E-state index is 0.0988. The van der Waals surface area contributed by atoms with Gasteiger partial charge in [-0.3, -0.25) is 4.79 Å². The number of hydrogen-bond acceptors (Lipinski definition) is 3. The summed E-state index contributed by atoms with van der Waals surface area (Å²) in [6.45, 7) is 0.375. The SMILES string of the molecule is O=c1cc(-c2ccccc2)oc2ccc(OCc3cccc(Cl)c3)cc12. The molecule has 0 amide bonds. The number of halogens is 1. The predicted octanol–water partition coefficient (Wildman–Crippen LogP) is 5.69. The van der Waals surface area contributed by atoms with Crippen molar-refractivity contribution in [2.75, 3.05) is 0 Å². The van der Waals surface area contributed by atoms with E-state index in [1.54, 1.807) is 18.2 Å². The Kier molecular flexibility index (Phi) is 4.46. The lowest BCUT2D eigenvalue weighted by Gasteiger charge is -2.08. The first-order valence-corrected chi connectivity index (χ1v) is 8.57. The van der Waals surface area contributed by atoms with E-state index in [4.69, 9.17) is 20.8 Å². The molecule has 0 unspecified atom stereocenters. The summed E-state index contributed by atoms with van der Waals surface area (Å²) >= 11 is 5.98. The van der Waals surface area contributed by atoms with Gasteiger partial charge in [0.25, 0.3) is 0 Å². The van der Waals surface area contributed by atoms with Crippen molar-refractivity contribution in [1.82, 2.24) is 0 Å². The highest BCUT2D eigenvalue weighted by Crippen LogP contribution is 2.25. The maximum atomic E-state index is 12.5. The summed E-state index contributed by atoms with van der Waals surface area (Å²) in [7, 11) is 0. The number of ether oxygens (including phenoxy) is 1. The zero-order chi connectivity index (χ0) is 17.9. The Balaban J connectivity index is 1.63. The van der Waals surface area contributed by atoms with Crippen molar-refractivity contribution in [1.29, 1.82) is 0 Å². The van der Waals surface area contributed by atoms with Crippen molar-refractivity contribution in [2.45, 2.75) is 6.61 Å². The largest absolute Gasteiger partial charge is 0.489 e. The van der Waals surface area contributed by atoms with E-state index in [0.717, 1.165) is 11.1 Å². The number of hydrogen-bond donors (Lipinski definition) is 0. The standard InChI is InChI=1S/C22H15ClO3/c23-17-8-4-5-15(11-17)14-25-18-9-10-21-19(12-18)20(24)13-22(26-21)16-6-2-1-3-7-16/h1-13H,14H2. The monoisotopic (exact) mass is 362 g/mol. The Labute approximate surface area is 155 Å². The highest BCUT2D eigenvalue weighted by Gasteiger charge is 2.08. The second-order valence-electron chi connectivity index (χ2n) is 5.92. The molecule has 1 aromatic heterocycles. The number of rotatable bonds is 4. The summed E-state index contributed by atoms with van der Waals surface area (Å²) < 4.78 is 11.7. The molecule has 0 spiro atoms. The molecule has 3 aromatic carbocycles. The van der Waals surface area contributed by atoms with Crippen LogP contribution in [0.25, 0.3) is 22.3 Å². The van der Waals surface area contributed by atoms with Crippen LogP contribution in [0.2, 0.25) is 5.02 Å². The molecule has 3 nitrogen and oxygen atoms in total. The Morgan fingerprint density at radius 3 is 2.54 bits per heavy atom. The summed E-state index contributed by atoms with van der Waals surface area (Å²) in [4.78, 5) is 12.5. The highest BCUT2D eigenvalue weighted by atomic mass is 35.5. The molecule has 0 aliphatic rings. The fraction of sp³-hybridized carbons (Fsp3) is 0.0455. The highest BCUT2D eigenvalue weighted by molar-refractivity contribution is 6.30. The summed E-state index contributed by atoms with van der Waals surface area (Å²) in [6, 6.07) is 23.8. The van der Waals surface area contributed by atoms with Crippen LogP contribution in [0.15, 0.2) is 88.1 Å². The third-order valence-electron chi connectivity index (χ3n) is 4.05. The van der Waals surface area contributed by atoms with E-state index in [9.17, 15) is 4.79 Å². The fourth-order valence-corrected chi connectivity index (χ4v) is 2.98. The molecule has 0 saturated heterocycles. The Morgan fingerprint density at radius 1 is 0.885 bits per heavy atom. The van der Waals surface area contributed by atoms with Crippen molar-refractivity contribution < 1.29 is 9.15 Å². The molecular weight excluding hydrogens is 348 g/mol. The third kappa shape index (κ3) is 3.48. The minimum atomic E-state index is -0.0988. The smallest absolute Gasteiger partial charge is 0.193 e. The van der Waals surface area contributed by atoms with Crippen LogP contribution < -0.4 is 10.2 Å². The molecule has 4 rings (SSSR count). The van der Waals surface area contributed by atoms with Gasteiger partial charge in [0.2, 0.25) is 0 Å². The van der Waals surface area contributed by atoms with Gasteiger partial charge in [0.1, 0.15) is 23.7 Å². The van der Waals surface area contributed by atoms with Gasteiger partial charge in [-0.2, -0.15) is 0 Å². The Morgan fingerprint density at radius 2 is 1.73 bits per heavy atom. The summed E-state index contributed by atoms with van der Waals surface area (Å²) in [5.74, 6) is 1.16. The van der Waals surface area contributed by atoms with Gasteiger partial charge < -0.3 is 9.15 Å². The molecule has 128 valence electrons.